The lowest BCUT2D eigenvalue weighted by molar-refractivity contribution is 0.0786. The zero-order chi connectivity index (χ0) is 12.4. The van der Waals surface area contributed by atoms with Crippen LogP contribution in [0.2, 0.25) is 0 Å². The standard InChI is InChI=1S/C12H17Br2NOS/c1-3-9-7(4-5-16-9)11(15-2)10-6-8(13)12(14)17-10/h6-7,9,11,15H,3-5H2,1-2H3. The van der Waals surface area contributed by atoms with Gasteiger partial charge in [-0.3, -0.25) is 0 Å². The first-order valence-electron chi connectivity index (χ1n) is 5.91. The van der Waals surface area contributed by atoms with E-state index in [0.717, 1.165) is 23.9 Å². The Kier molecular flexibility index (Phi) is 5.06. The van der Waals surface area contributed by atoms with Gasteiger partial charge in [0.25, 0.3) is 0 Å². The van der Waals surface area contributed by atoms with Gasteiger partial charge in [0.05, 0.1) is 9.89 Å². The van der Waals surface area contributed by atoms with Crippen LogP contribution in [0.1, 0.15) is 30.7 Å². The lowest BCUT2D eigenvalue weighted by Crippen LogP contribution is -2.30. The molecule has 96 valence electrons. The Morgan fingerprint density at radius 1 is 1.59 bits per heavy atom. The minimum absolute atomic E-state index is 0.395. The maximum Gasteiger partial charge on any atom is 0.0843 e. The fourth-order valence-corrected chi connectivity index (χ4v) is 4.83. The maximum absolute atomic E-state index is 5.80. The SMILES string of the molecule is CCC1OCCC1C(NC)c1cc(Br)c(Br)s1. The summed E-state index contributed by atoms with van der Waals surface area (Å²) in [6.45, 7) is 3.10. The summed E-state index contributed by atoms with van der Waals surface area (Å²) in [5.41, 5.74) is 0. The first kappa shape index (κ1) is 14.0. The van der Waals surface area contributed by atoms with E-state index in [1.54, 1.807) is 11.3 Å². The predicted molar refractivity (Wildman–Crippen MR) is 79.7 cm³/mol. The third-order valence-corrected chi connectivity index (χ3v) is 6.71. The molecule has 1 saturated heterocycles. The highest BCUT2D eigenvalue weighted by Crippen LogP contribution is 2.41. The molecular formula is C12H17Br2NOS. The summed E-state index contributed by atoms with van der Waals surface area (Å²) >= 11 is 8.92. The largest absolute Gasteiger partial charge is 0.378 e. The van der Waals surface area contributed by atoms with Crippen LogP contribution in [0.25, 0.3) is 0 Å². The molecule has 2 heterocycles. The molecule has 2 nitrogen and oxygen atoms in total. The Hall–Kier alpha value is 0.580. The summed E-state index contributed by atoms with van der Waals surface area (Å²) in [6.07, 6.45) is 2.64. The number of halogens is 2. The molecule has 0 radical (unpaired) electrons. The van der Waals surface area contributed by atoms with Crippen LogP contribution in [0.4, 0.5) is 0 Å². The van der Waals surface area contributed by atoms with Crippen LogP contribution < -0.4 is 5.32 Å². The minimum Gasteiger partial charge on any atom is -0.378 e. The van der Waals surface area contributed by atoms with E-state index in [1.807, 2.05) is 7.05 Å². The number of ether oxygens (including phenoxy) is 1. The Morgan fingerprint density at radius 2 is 2.35 bits per heavy atom. The number of thiophene rings is 1. The molecule has 0 amide bonds. The molecule has 1 aliphatic rings. The van der Waals surface area contributed by atoms with Crippen LogP contribution in [0.5, 0.6) is 0 Å². The van der Waals surface area contributed by atoms with Gasteiger partial charge in [0.15, 0.2) is 0 Å². The van der Waals surface area contributed by atoms with E-state index in [1.165, 1.54) is 8.66 Å². The molecule has 1 fully saturated rings. The van der Waals surface area contributed by atoms with Gasteiger partial charge in [-0.25, -0.2) is 0 Å². The van der Waals surface area contributed by atoms with Crippen molar-refractivity contribution in [3.63, 3.8) is 0 Å². The smallest absolute Gasteiger partial charge is 0.0843 e. The Bertz CT molecular complexity index is 363. The zero-order valence-corrected chi connectivity index (χ0v) is 14.0. The topological polar surface area (TPSA) is 21.3 Å². The van der Waals surface area contributed by atoms with Crippen molar-refractivity contribution >= 4 is 43.2 Å². The van der Waals surface area contributed by atoms with Crippen molar-refractivity contribution in [2.75, 3.05) is 13.7 Å². The van der Waals surface area contributed by atoms with Crippen molar-refractivity contribution in [3.05, 3.63) is 19.2 Å². The molecule has 0 bridgehead atoms. The fourth-order valence-electron chi connectivity index (χ4n) is 2.55. The van der Waals surface area contributed by atoms with Crippen LogP contribution in [-0.2, 0) is 4.74 Å². The molecule has 0 aromatic carbocycles. The van der Waals surface area contributed by atoms with Gasteiger partial charge in [-0.15, -0.1) is 11.3 Å². The van der Waals surface area contributed by atoms with Crippen LogP contribution in [0.15, 0.2) is 14.3 Å². The second kappa shape index (κ2) is 6.15. The van der Waals surface area contributed by atoms with E-state index in [9.17, 15) is 0 Å². The van der Waals surface area contributed by atoms with E-state index < -0.39 is 0 Å². The third-order valence-electron chi connectivity index (χ3n) is 3.37. The van der Waals surface area contributed by atoms with Gasteiger partial charge in [-0.05, 0) is 57.8 Å². The fraction of sp³-hybridized carbons (Fsp3) is 0.667. The van der Waals surface area contributed by atoms with E-state index in [0.29, 0.717) is 18.1 Å². The molecule has 0 aliphatic carbocycles. The Balaban J connectivity index is 2.20. The van der Waals surface area contributed by atoms with Crippen LogP contribution in [0, 0.1) is 5.92 Å². The monoisotopic (exact) mass is 381 g/mol. The zero-order valence-electron chi connectivity index (χ0n) is 10.0. The molecule has 5 heteroatoms. The molecule has 1 aliphatic heterocycles. The Morgan fingerprint density at radius 3 is 2.88 bits per heavy atom. The van der Waals surface area contributed by atoms with E-state index >= 15 is 0 Å². The van der Waals surface area contributed by atoms with Crippen molar-refractivity contribution in [1.29, 1.82) is 0 Å². The van der Waals surface area contributed by atoms with Gasteiger partial charge >= 0.3 is 0 Å². The molecule has 3 atom stereocenters. The summed E-state index contributed by atoms with van der Waals surface area (Å²) in [5.74, 6) is 0.586. The van der Waals surface area contributed by atoms with Crippen LogP contribution >= 0.6 is 43.2 Å². The average Bonchev–Trinajstić information content (AvgIpc) is 2.89. The molecule has 2 rings (SSSR count). The quantitative estimate of drug-likeness (QED) is 0.835. The summed E-state index contributed by atoms with van der Waals surface area (Å²) in [5, 5.41) is 3.45. The van der Waals surface area contributed by atoms with Gasteiger partial charge in [0.1, 0.15) is 0 Å². The summed E-state index contributed by atoms with van der Waals surface area (Å²) in [7, 11) is 2.04. The highest BCUT2D eigenvalue weighted by Gasteiger charge is 2.34. The highest BCUT2D eigenvalue weighted by molar-refractivity contribution is 9.13. The molecule has 3 unspecified atom stereocenters. The lowest BCUT2D eigenvalue weighted by Gasteiger charge is -2.25. The number of hydrogen-bond donors (Lipinski definition) is 1. The second-order valence-electron chi connectivity index (χ2n) is 4.31. The molecule has 0 saturated carbocycles. The van der Waals surface area contributed by atoms with Gasteiger partial charge in [-0.2, -0.15) is 0 Å². The summed E-state index contributed by atoms with van der Waals surface area (Å²) < 4.78 is 8.11. The molecule has 1 aromatic heterocycles. The van der Waals surface area contributed by atoms with Crippen LogP contribution in [0.3, 0.4) is 0 Å². The first-order valence-corrected chi connectivity index (χ1v) is 8.31. The maximum atomic E-state index is 5.80. The first-order chi connectivity index (χ1) is 8.17. The average molecular weight is 383 g/mol. The van der Waals surface area contributed by atoms with Gasteiger partial charge in [0, 0.05) is 27.9 Å². The lowest BCUT2D eigenvalue weighted by atomic mass is 9.90. The number of hydrogen-bond acceptors (Lipinski definition) is 3. The molecule has 17 heavy (non-hydrogen) atoms. The highest BCUT2D eigenvalue weighted by atomic mass is 79.9. The van der Waals surface area contributed by atoms with Crippen molar-refractivity contribution in [2.45, 2.75) is 31.9 Å². The number of nitrogens with one attached hydrogen (secondary N) is 1. The van der Waals surface area contributed by atoms with Gasteiger partial charge in [0.2, 0.25) is 0 Å². The normalized spacial score (nSPS) is 26.4. The van der Waals surface area contributed by atoms with Crippen molar-refractivity contribution in [1.82, 2.24) is 5.32 Å². The van der Waals surface area contributed by atoms with Gasteiger partial charge < -0.3 is 10.1 Å². The molecule has 0 spiro atoms. The number of rotatable bonds is 4. The van der Waals surface area contributed by atoms with E-state index in [4.69, 9.17) is 4.74 Å². The second-order valence-corrected chi connectivity index (χ2v) is 7.56. The third kappa shape index (κ3) is 2.95. The van der Waals surface area contributed by atoms with E-state index in [2.05, 4.69) is 50.2 Å². The summed E-state index contributed by atoms with van der Waals surface area (Å²) in [4.78, 5) is 1.38. The molecule has 1 N–H and O–H groups in total. The predicted octanol–water partition coefficient (Wildman–Crippen LogP) is 4.35. The van der Waals surface area contributed by atoms with Crippen LogP contribution in [-0.4, -0.2) is 19.8 Å². The van der Waals surface area contributed by atoms with Crippen molar-refractivity contribution in [2.24, 2.45) is 5.92 Å². The van der Waals surface area contributed by atoms with Gasteiger partial charge in [-0.1, -0.05) is 6.92 Å². The van der Waals surface area contributed by atoms with Crippen molar-refractivity contribution < 1.29 is 4.74 Å². The van der Waals surface area contributed by atoms with Crippen molar-refractivity contribution in [3.8, 4) is 0 Å². The minimum atomic E-state index is 0.395. The molecular weight excluding hydrogens is 366 g/mol. The summed E-state index contributed by atoms with van der Waals surface area (Å²) in [6, 6.07) is 2.61. The molecule has 1 aromatic rings. The Labute approximate surface area is 123 Å². The van der Waals surface area contributed by atoms with E-state index in [-0.39, 0.29) is 0 Å².